The number of anilines is 1. The van der Waals surface area contributed by atoms with Gasteiger partial charge in [0.15, 0.2) is 0 Å². The number of carbonyl (C=O) groups is 2. The summed E-state index contributed by atoms with van der Waals surface area (Å²) in [5.41, 5.74) is 7.94. The highest BCUT2D eigenvalue weighted by atomic mass is 32.1. The molecular weight excluding hydrogens is 396 g/mol. The van der Waals surface area contributed by atoms with Crippen LogP contribution in [0.1, 0.15) is 40.1 Å². The van der Waals surface area contributed by atoms with Crippen molar-refractivity contribution in [3.8, 4) is 0 Å². The van der Waals surface area contributed by atoms with Gasteiger partial charge in [-0.15, -0.1) is 11.3 Å². The van der Waals surface area contributed by atoms with E-state index in [1.54, 1.807) is 18.2 Å². The first-order valence-corrected chi connectivity index (χ1v) is 10.9. The summed E-state index contributed by atoms with van der Waals surface area (Å²) in [5, 5.41) is 12.6. The smallest absolute Gasteiger partial charge is 0.251 e. The molecule has 2 heterocycles. The molecule has 2 aromatic carbocycles. The van der Waals surface area contributed by atoms with Crippen LogP contribution in [0.25, 0.3) is 10.1 Å². The van der Waals surface area contributed by atoms with Gasteiger partial charge in [-0.25, -0.2) is 0 Å². The van der Waals surface area contributed by atoms with Crippen molar-refractivity contribution in [2.45, 2.75) is 19.3 Å². The van der Waals surface area contributed by atoms with Crippen LogP contribution in [0.15, 0.2) is 48.5 Å². The number of carbonyl (C=O) groups excluding carboxylic acids is 2. The average molecular weight is 421 g/mol. The molecule has 1 aliphatic rings. The van der Waals surface area contributed by atoms with E-state index in [1.165, 1.54) is 11.3 Å². The van der Waals surface area contributed by atoms with Crippen LogP contribution in [-0.2, 0) is 4.79 Å². The van der Waals surface area contributed by atoms with Gasteiger partial charge < -0.3 is 16.0 Å². The second-order valence-electron chi connectivity index (χ2n) is 7.42. The second kappa shape index (κ2) is 8.67. The highest BCUT2D eigenvalue weighted by molar-refractivity contribution is 7.21. The molecule has 0 aliphatic carbocycles. The molecule has 30 heavy (non-hydrogen) atoms. The van der Waals surface area contributed by atoms with Crippen LogP contribution in [0.4, 0.5) is 5.69 Å². The summed E-state index contributed by atoms with van der Waals surface area (Å²) in [7, 11) is 0. The highest BCUT2D eigenvalue weighted by Crippen LogP contribution is 2.29. The molecule has 6 nitrogen and oxygen atoms in total. The Labute approximate surface area is 179 Å². The Hall–Kier alpha value is -3.19. The van der Waals surface area contributed by atoms with Gasteiger partial charge in [0.05, 0.1) is 10.6 Å². The minimum atomic E-state index is -0.201. The standard InChI is InChI=1S/C23H24N4O2S/c24-18-9-8-16(23(29)26-10-4-12-27-11-3-7-21(27)28)13-17(18)22(25)20-14-15-5-1-2-6-19(15)30-20/h1-2,5-6,8-9,13-14,25H,3-4,7,10-12,24H2,(H,26,29). The van der Waals surface area contributed by atoms with Crippen molar-refractivity contribution < 1.29 is 9.59 Å². The fraction of sp³-hybridized carbons (Fsp3) is 0.261. The van der Waals surface area contributed by atoms with Gasteiger partial charge in [0.1, 0.15) is 0 Å². The lowest BCUT2D eigenvalue weighted by Gasteiger charge is -2.15. The molecule has 1 saturated heterocycles. The number of benzene rings is 2. The molecule has 4 rings (SSSR count). The van der Waals surface area contributed by atoms with Crippen LogP contribution in [0.2, 0.25) is 0 Å². The van der Waals surface area contributed by atoms with Crippen molar-refractivity contribution in [1.29, 1.82) is 5.41 Å². The number of nitrogens with zero attached hydrogens (tertiary/aromatic N) is 1. The van der Waals surface area contributed by atoms with Gasteiger partial charge in [0.25, 0.3) is 5.91 Å². The normalized spacial score (nSPS) is 13.7. The van der Waals surface area contributed by atoms with E-state index in [1.807, 2.05) is 35.2 Å². The summed E-state index contributed by atoms with van der Waals surface area (Å²) < 4.78 is 1.11. The Morgan fingerprint density at radius 3 is 2.80 bits per heavy atom. The molecule has 0 unspecified atom stereocenters. The Bertz CT molecular complexity index is 1090. The average Bonchev–Trinajstić information content (AvgIpc) is 3.37. The summed E-state index contributed by atoms with van der Waals surface area (Å²) in [6.45, 7) is 1.98. The molecule has 1 aliphatic heterocycles. The summed E-state index contributed by atoms with van der Waals surface area (Å²) >= 11 is 1.54. The van der Waals surface area contributed by atoms with E-state index in [2.05, 4.69) is 5.32 Å². The molecule has 1 aromatic heterocycles. The van der Waals surface area contributed by atoms with Crippen molar-refractivity contribution >= 4 is 44.6 Å². The number of amides is 2. The predicted molar refractivity (Wildman–Crippen MR) is 121 cm³/mol. The molecule has 0 bridgehead atoms. The number of nitrogen functional groups attached to an aromatic ring is 1. The molecule has 0 spiro atoms. The van der Waals surface area contributed by atoms with Crippen molar-refractivity contribution in [3.63, 3.8) is 0 Å². The number of fused-ring (bicyclic) bond motifs is 1. The zero-order valence-electron chi connectivity index (χ0n) is 16.6. The quantitative estimate of drug-likeness (QED) is 0.309. The molecule has 1 fully saturated rings. The molecule has 0 saturated carbocycles. The van der Waals surface area contributed by atoms with Crippen molar-refractivity contribution in [1.82, 2.24) is 10.2 Å². The highest BCUT2D eigenvalue weighted by Gasteiger charge is 2.19. The zero-order valence-corrected chi connectivity index (χ0v) is 17.4. The maximum absolute atomic E-state index is 12.6. The van der Waals surface area contributed by atoms with E-state index in [0.717, 1.165) is 34.3 Å². The van der Waals surface area contributed by atoms with Crippen LogP contribution in [0, 0.1) is 5.41 Å². The molecule has 0 atom stereocenters. The van der Waals surface area contributed by atoms with E-state index < -0.39 is 0 Å². The maximum atomic E-state index is 12.6. The maximum Gasteiger partial charge on any atom is 0.251 e. The summed E-state index contributed by atoms with van der Waals surface area (Å²) in [4.78, 5) is 26.9. The number of hydrogen-bond acceptors (Lipinski definition) is 5. The molecule has 0 radical (unpaired) electrons. The van der Waals surface area contributed by atoms with E-state index in [-0.39, 0.29) is 11.8 Å². The van der Waals surface area contributed by atoms with Crippen LogP contribution < -0.4 is 11.1 Å². The van der Waals surface area contributed by atoms with Crippen LogP contribution in [0.5, 0.6) is 0 Å². The van der Waals surface area contributed by atoms with Crippen LogP contribution >= 0.6 is 11.3 Å². The Morgan fingerprint density at radius 1 is 1.20 bits per heavy atom. The third-order valence-electron chi connectivity index (χ3n) is 5.32. The lowest BCUT2D eigenvalue weighted by atomic mass is 10.0. The molecular formula is C23H24N4O2S. The van der Waals surface area contributed by atoms with E-state index >= 15 is 0 Å². The van der Waals surface area contributed by atoms with Gasteiger partial charge in [-0.1, -0.05) is 18.2 Å². The summed E-state index contributed by atoms with van der Waals surface area (Å²) in [5.74, 6) is -0.00241. The number of nitrogens with one attached hydrogen (secondary N) is 2. The largest absolute Gasteiger partial charge is 0.398 e. The number of likely N-dealkylation sites (tertiary alicyclic amines) is 1. The topological polar surface area (TPSA) is 99.3 Å². The molecule has 7 heteroatoms. The van der Waals surface area contributed by atoms with Gasteiger partial charge in [-0.2, -0.15) is 0 Å². The van der Waals surface area contributed by atoms with E-state index in [0.29, 0.717) is 42.0 Å². The minimum Gasteiger partial charge on any atom is -0.398 e. The first-order valence-electron chi connectivity index (χ1n) is 10.1. The van der Waals surface area contributed by atoms with E-state index in [9.17, 15) is 9.59 Å². The summed E-state index contributed by atoms with van der Waals surface area (Å²) in [6, 6.07) is 15.0. The Balaban J connectivity index is 1.42. The van der Waals surface area contributed by atoms with Gasteiger partial charge in [0.2, 0.25) is 5.91 Å². The van der Waals surface area contributed by atoms with Gasteiger partial charge in [-0.3, -0.25) is 15.0 Å². The zero-order chi connectivity index (χ0) is 21.1. The number of rotatable bonds is 7. The lowest BCUT2D eigenvalue weighted by Crippen LogP contribution is -2.30. The predicted octanol–water partition coefficient (Wildman–Crippen LogP) is 3.64. The number of hydrogen-bond donors (Lipinski definition) is 3. The summed E-state index contributed by atoms with van der Waals surface area (Å²) in [6.07, 6.45) is 2.27. The van der Waals surface area contributed by atoms with Crippen molar-refractivity contribution in [2.24, 2.45) is 0 Å². The Kier molecular flexibility index (Phi) is 5.81. The van der Waals surface area contributed by atoms with Gasteiger partial charge >= 0.3 is 0 Å². The number of nitrogens with two attached hydrogens (primary N) is 1. The first kappa shape index (κ1) is 20.1. The van der Waals surface area contributed by atoms with Crippen LogP contribution in [-0.4, -0.2) is 42.1 Å². The fourth-order valence-corrected chi connectivity index (χ4v) is 4.69. The molecule has 3 aromatic rings. The molecule has 154 valence electrons. The first-order chi connectivity index (χ1) is 14.5. The SMILES string of the molecule is N=C(c1cc2ccccc2s1)c1cc(C(=O)NCCCN2CCCC2=O)ccc1N. The Morgan fingerprint density at radius 2 is 2.03 bits per heavy atom. The van der Waals surface area contributed by atoms with Crippen molar-refractivity contribution in [3.05, 3.63) is 64.5 Å². The minimum absolute atomic E-state index is 0.198. The van der Waals surface area contributed by atoms with Gasteiger partial charge in [0, 0.05) is 47.6 Å². The fourth-order valence-electron chi connectivity index (χ4n) is 3.67. The lowest BCUT2D eigenvalue weighted by molar-refractivity contribution is -0.127. The van der Waals surface area contributed by atoms with E-state index in [4.69, 9.17) is 11.1 Å². The third kappa shape index (κ3) is 4.21. The third-order valence-corrected chi connectivity index (χ3v) is 6.45. The number of thiophene rings is 1. The molecule has 4 N–H and O–H groups in total. The second-order valence-corrected chi connectivity index (χ2v) is 8.50. The molecule has 2 amide bonds. The van der Waals surface area contributed by atoms with Crippen LogP contribution in [0.3, 0.4) is 0 Å². The van der Waals surface area contributed by atoms with Gasteiger partial charge in [-0.05, 0) is 48.6 Å². The monoisotopic (exact) mass is 420 g/mol. The van der Waals surface area contributed by atoms with Crippen molar-refractivity contribution in [2.75, 3.05) is 25.4 Å².